The van der Waals surface area contributed by atoms with Gasteiger partial charge in [-0.2, -0.15) is 28.5 Å². The molecule has 4 aromatic carbocycles. The molecule has 0 saturated heterocycles. The molecule has 0 fully saturated rings. The monoisotopic (exact) mass is 442 g/mol. The SMILES string of the molecule is Oc1c(F)c(F)c(Oc2ccc([SH]3c4ccccc4-c4ccccc43)cc2)c(F)c1F. The van der Waals surface area contributed by atoms with E-state index < -0.39 is 45.7 Å². The largest absolute Gasteiger partial charge is 0.503 e. The van der Waals surface area contributed by atoms with Crippen LogP contribution in [-0.4, -0.2) is 5.11 Å². The molecule has 0 unspecified atom stereocenters. The molecule has 31 heavy (non-hydrogen) atoms. The number of halogens is 4. The van der Waals surface area contributed by atoms with E-state index in [1.165, 1.54) is 33.1 Å². The third-order valence-corrected chi connectivity index (χ3v) is 7.65. The van der Waals surface area contributed by atoms with Gasteiger partial charge in [-0.3, -0.25) is 0 Å². The third kappa shape index (κ3) is 3.04. The molecule has 1 aliphatic rings. The number of ether oxygens (including phenoxy) is 1. The van der Waals surface area contributed by atoms with Gasteiger partial charge in [0.05, 0.1) is 0 Å². The first-order valence-electron chi connectivity index (χ1n) is 9.28. The van der Waals surface area contributed by atoms with Gasteiger partial charge < -0.3 is 9.84 Å². The lowest BCUT2D eigenvalue weighted by atomic mass is 10.1. The zero-order chi connectivity index (χ0) is 21.7. The third-order valence-electron chi connectivity index (χ3n) is 5.09. The summed E-state index contributed by atoms with van der Waals surface area (Å²) in [5.74, 6) is -10.4. The Morgan fingerprint density at radius 2 is 1.10 bits per heavy atom. The normalized spacial score (nSPS) is 13.1. The van der Waals surface area contributed by atoms with Crippen molar-refractivity contribution >= 4 is 10.9 Å². The zero-order valence-electron chi connectivity index (χ0n) is 15.7. The van der Waals surface area contributed by atoms with Gasteiger partial charge in [-0.25, -0.2) is 0 Å². The van der Waals surface area contributed by atoms with Gasteiger partial charge in [0.2, 0.25) is 29.0 Å². The molecule has 156 valence electrons. The van der Waals surface area contributed by atoms with E-state index in [0.29, 0.717) is 0 Å². The maximum absolute atomic E-state index is 14.0. The number of aromatic hydroxyl groups is 1. The van der Waals surface area contributed by atoms with E-state index >= 15 is 0 Å². The molecule has 0 saturated carbocycles. The lowest BCUT2D eigenvalue weighted by molar-refractivity contribution is 0.324. The molecule has 4 aromatic rings. The van der Waals surface area contributed by atoms with Gasteiger partial charge in [-0.05, 0) is 52.4 Å². The van der Waals surface area contributed by atoms with Crippen molar-refractivity contribution < 1.29 is 27.4 Å². The van der Waals surface area contributed by atoms with Gasteiger partial charge >= 0.3 is 0 Å². The molecule has 1 heterocycles. The quantitative estimate of drug-likeness (QED) is 0.176. The van der Waals surface area contributed by atoms with Crippen LogP contribution in [0.4, 0.5) is 17.6 Å². The molecule has 7 heteroatoms. The van der Waals surface area contributed by atoms with Crippen LogP contribution in [0.3, 0.4) is 0 Å². The Kier molecular flexibility index (Phi) is 4.63. The molecule has 1 N–H and O–H groups in total. The molecule has 0 spiro atoms. The molecule has 0 aromatic heterocycles. The second kappa shape index (κ2) is 7.35. The first-order valence-corrected chi connectivity index (χ1v) is 10.6. The fraction of sp³-hybridized carbons (Fsp3) is 0. The predicted molar refractivity (Wildman–Crippen MR) is 110 cm³/mol. The first kappa shape index (κ1) is 19.5. The Morgan fingerprint density at radius 1 is 0.613 bits per heavy atom. The summed E-state index contributed by atoms with van der Waals surface area (Å²) in [4.78, 5) is 3.39. The Labute approximate surface area is 177 Å². The highest BCUT2D eigenvalue weighted by Gasteiger charge is 2.28. The van der Waals surface area contributed by atoms with Gasteiger partial charge in [0.25, 0.3) is 0 Å². The molecule has 0 aliphatic carbocycles. The smallest absolute Gasteiger partial charge is 0.208 e. The Hall–Kier alpha value is -3.45. The first-order chi connectivity index (χ1) is 15.0. The van der Waals surface area contributed by atoms with E-state index in [1.807, 2.05) is 24.3 Å². The number of benzene rings is 4. The van der Waals surface area contributed by atoms with E-state index in [1.54, 1.807) is 12.1 Å². The van der Waals surface area contributed by atoms with Crippen molar-refractivity contribution in [3.8, 4) is 28.4 Å². The van der Waals surface area contributed by atoms with Crippen molar-refractivity contribution in [2.45, 2.75) is 14.7 Å². The van der Waals surface area contributed by atoms with Gasteiger partial charge in [-0.1, -0.05) is 36.4 Å². The summed E-state index contributed by atoms with van der Waals surface area (Å²) in [7, 11) is -0.827. The minimum atomic E-state index is -1.91. The summed E-state index contributed by atoms with van der Waals surface area (Å²) < 4.78 is 60.2. The van der Waals surface area contributed by atoms with Crippen LogP contribution in [0.1, 0.15) is 0 Å². The van der Waals surface area contributed by atoms with Crippen LogP contribution in [-0.2, 0) is 0 Å². The number of hydrogen-bond acceptors (Lipinski definition) is 2. The topological polar surface area (TPSA) is 29.5 Å². The van der Waals surface area contributed by atoms with Crippen LogP contribution in [0.25, 0.3) is 11.1 Å². The highest BCUT2D eigenvalue weighted by Crippen LogP contribution is 2.62. The van der Waals surface area contributed by atoms with Crippen molar-refractivity contribution in [1.29, 1.82) is 0 Å². The number of hydrogen-bond donors (Lipinski definition) is 2. The van der Waals surface area contributed by atoms with Crippen molar-refractivity contribution in [3.63, 3.8) is 0 Å². The van der Waals surface area contributed by atoms with E-state index in [-0.39, 0.29) is 5.75 Å². The molecule has 2 nitrogen and oxygen atoms in total. The van der Waals surface area contributed by atoms with Gasteiger partial charge in [0.15, 0.2) is 5.75 Å². The molecule has 0 atom stereocenters. The van der Waals surface area contributed by atoms with Crippen molar-refractivity contribution in [2.75, 3.05) is 0 Å². The highest BCUT2D eigenvalue weighted by atomic mass is 32.2. The Bertz CT molecular complexity index is 1250. The highest BCUT2D eigenvalue weighted by molar-refractivity contribution is 8.17. The predicted octanol–water partition coefficient (Wildman–Crippen LogP) is 7.20. The summed E-state index contributed by atoms with van der Waals surface area (Å²) >= 11 is 0. The van der Waals surface area contributed by atoms with Crippen molar-refractivity contribution in [2.24, 2.45) is 0 Å². The summed E-state index contributed by atoms with van der Waals surface area (Å²) in [5, 5.41) is 9.09. The van der Waals surface area contributed by atoms with Crippen LogP contribution >= 0.6 is 10.9 Å². The number of rotatable bonds is 3. The summed E-state index contributed by atoms with van der Waals surface area (Å²) in [5.41, 5.74) is 2.34. The number of fused-ring (bicyclic) bond motifs is 3. The van der Waals surface area contributed by atoms with Crippen molar-refractivity contribution in [3.05, 3.63) is 96.1 Å². The average Bonchev–Trinajstić information content (AvgIpc) is 3.14. The standard InChI is InChI=1S/C24H14F4O2S/c25-19-21(27)24(22(28)20(26)23(19)29)30-13-9-11-14(12-10-13)31-17-7-3-1-5-15(17)16-6-2-4-8-18(16)31/h1-12,29,31H. The molecule has 0 bridgehead atoms. The maximum atomic E-state index is 14.0. The summed E-state index contributed by atoms with van der Waals surface area (Å²) in [6.07, 6.45) is 0. The van der Waals surface area contributed by atoms with Crippen LogP contribution in [0.15, 0.2) is 87.5 Å². The zero-order valence-corrected chi connectivity index (χ0v) is 16.6. The molecule has 5 rings (SSSR count). The van der Waals surface area contributed by atoms with Crippen LogP contribution in [0.2, 0.25) is 0 Å². The van der Waals surface area contributed by atoms with Crippen LogP contribution < -0.4 is 4.74 Å². The van der Waals surface area contributed by atoms with Crippen molar-refractivity contribution in [1.82, 2.24) is 0 Å². The summed E-state index contributed by atoms with van der Waals surface area (Å²) in [6.45, 7) is 0. The van der Waals surface area contributed by atoms with Crippen LogP contribution in [0, 0.1) is 23.3 Å². The van der Waals surface area contributed by atoms with E-state index in [9.17, 15) is 17.6 Å². The number of phenolic OH excluding ortho intramolecular Hbond substituents is 1. The fourth-order valence-electron chi connectivity index (χ4n) is 3.67. The minimum absolute atomic E-state index is 0.00167. The Morgan fingerprint density at radius 3 is 1.61 bits per heavy atom. The van der Waals surface area contributed by atoms with Crippen LogP contribution in [0.5, 0.6) is 17.2 Å². The number of thiol groups is 1. The molecule has 1 aliphatic heterocycles. The molecule has 0 radical (unpaired) electrons. The number of phenols is 1. The van der Waals surface area contributed by atoms with Gasteiger partial charge in [0.1, 0.15) is 5.75 Å². The van der Waals surface area contributed by atoms with E-state index in [0.717, 1.165) is 4.90 Å². The average molecular weight is 442 g/mol. The maximum Gasteiger partial charge on any atom is 0.208 e. The van der Waals surface area contributed by atoms with Gasteiger partial charge in [-0.15, -0.1) is 0 Å². The minimum Gasteiger partial charge on any atom is -0.503 e. The lowest BCUT2D eigenvalue weighted by Gasteiger charge is -2.19. The Balaban J connectivity index is 1.52. The van der Waals surface area contributed by atoms with E-state index in [2.05, 4.69) is 24.3 Å². The molecular weight excluding hydrogens is 428 g/mol. The second-order valence-corrected chi connectivity index (χ2v) is 9.05. The van der Waals surface area contributed by atoms with E-state index in [4.69, 9.17) is 9.84 Å². The summed E-state index contributed by atoms with van der Waals surface area (Å²) in [6, 6.07) is 22.8. The molecule has 0 amide bonds. The second-order valence-electron chi connectivity index (χ2n) is 6.90. The molecular formula is C24H14F4O2S. The van der Waals surface area contributed by atoms with Gasteiger partial charge in [0, 0.05) is 9.79 Å². The fourth-order valence-corrected chi connectivity index (χ4v) is 6.28. The lowest BCUT2D eigenvalue weighted by Crippen LogP contribution is -2.00.